The molecule has 0 spiro atoms. The van der Waals surface area contributed by atoms with Gasteiger partial charge in [-0.25, -0.2) is 9.79 Å². The number of carbonyl (C=O) groups excluding carboxylic acids is 1. The van der Waals surface area contributed by atoms with Crippen LogP contribution in [0.25, 0.3) is 6.08 Å². The van der Waals surface area contributed by atoms with Crippen LogP contribution in [0.2, 0.25) is 0 Å². The number of fused-ring (bicyclic) bond motifs is 1. The molecule has 0 amide bonds. The van der Waals surface area contributed by atoms with Crippen molar-refractivity contribution < 1.29 is 23.7 Å². The van der Waals surface area contributed by atoms with Gasteiger partial charge in [-0.15, -0.1) is 0 Å². The van der Waals surface area contributed by atoms with Gasteiger partial charge in [-0.2, -0.15) is 5.26 Å². The zero-order valence-corrected chi connectivity index (χ0v) is 30.3. The number of aromatic nitrogens is 1. The van der Waals surface area contributed by atoms with Crippen molar-refractivity contribution in [2.45, 2.75) is 46.4 Å². The molecule has 242 valence electrons. The standard InChI is InChI=1S/C35H31Br2N3O6S/c1-6-44-34(42)30-20(4)39-35-40(31(30)21-11-12-27(46-19(2)3)28(14-21)43-5)33(41)29(47-35)15-24-13-25(36)16-26(37)32(24)45-18-23-10-8-7-9-22(23)17-38/h7-16,19,31H,6,18H2,1-5H3/b29-15+/t31-/m0/s1. The van der Waals surface area contributed by atoms with Crippen LogP contribution in [-0.2, 0) is 16.1 Å². The molecule has 4 aromatic rings. The largest absolute Gasteiger partial charge is 0.493 e. The summed E-state index contributed by atoms with van der Waals surface area (Å²) in [5.41, 5.74) is 2.88. The minimum Gasteiger partial charge on any atom is -0.493 e. The highest BCUT2D eigenvalue weighted by Crippen LogP contribution is 2.37. The summed E-state index contributed by atoms with van der Waals surface area (Å²) in [5.74, 6) is 0.952. The third-order valence-corrected chi connectivity index (χ3v) is 9.25. The normalized spacial score (nSPS) is 14.4. The summed E-state index contributed by atoms with van der Waals surface area (Å²) in [6, 6.07) is 17.6. The van der Waals surface area contributed by atoms with Gasteiger partial charge in [-0.1, -0.05) is 51.5 Å². The van der Waals surface area contributed by atoms with E-state index in [9.17, 15) is 14.9 Å². The second kappa shape index (κ2) is 14.7. The fourth-order valence-corrected chi connectivity index (χ4v) is 7.61. The van der Waals surface area contributed by atoms with Crippen LogP contribution in [0, 0.1) is 11.3 Å². The molecule has 12 heteroatoms. The van der Waals surface area contributed by atoms with Gasteiger partial charge in [-0.05, 0) is 85.6 Å². The second-order valence-corrected chi connectivity index (χ2v) is 13.5. The van der Waals surface area contributed by atoms with E-state index in [1.807, 2.05) is 44.2 Å². The number of nitriles is 1. The summed E-state index contributed by atoms with van der Waals surface area (Å²) < 4.78 is 26.6. The van der Waals surface area contributed by atoms with E-state index in [1.54, 1.807) is 51.3 Å². The molecule has 3 aromatic carbocycles. The van der Waals surface area contributed by atoms with Crippen LogP contribution in [-0.4, -0.2) is 30.4 Å². The molecule has 0 aliphatic carbocycles. The van der Waals surface area contributed by atoms with E-state index in [-0.39, 0.29) is 30.5 Å². The Kier molecular flexibility index (Phi) is 10.7. The average molecular weight is 782 g/mol. The van der Waals surface area contributed by atoms with Crippen molar-refractivity contribution in [1.29, 1.82) is 5.26 Å². The Morgan fingerprint density at radius 1 is 1.15 bits per heavy atom. The van der Waals surface area contributed by atoms with Crippen LogP contribution >= 0.6 is 43.2 Å². The Balaban J connectivity index is 1.66. The number of nitrogens with zero attached hydrogens (tertiary/aromatic N) is 3. The fraction of sp³-hybridized carbons (Fsp3) is 0.257. The molecule has 47 heavy (non-hydrogen) atoms. The molecular formula is C35H31Br2N3O6S. The molecule has 1 aliphatic rings. The van der Waals surface area contributed by atoms with Crippen molar-refractivity contribution in [3.05, 3.63) is 117 Å². The molecule has 1 atom stereocenters. The zero-order valence-electron chi connectivity index (χ0n) is 26.3. The summed E-state index contributed by atoms with van der Waals surface area (Å²) in [7, 11) is 1.54. The highest BCUT2D eigenvalue weighted by Gasteiger charge is 2.34. The van der Waals surface area contributed by atoms with Crippen molar-refractivity contribution in [1.82, 2.24) is 4.57 Å². The molecule has 2 heterocycles. The molecule has 1 aliphatic heterocycles. The van der Waals surface area contributed by atoms with E-state index in [4.69, 9.17) is 18.9 Å². The number of thiazole rings is 1. The number of hydrogen-bond donors (Lipinski definition) is 0. The van der Waals surface area contributed by atoms with Gasteiger partial charge in [0.2, 0.25) is 0 Å². The number of esters is 1. The number of methoxy groups -OCH3 is 1. The number of hydrogen-bond acceptors (Lipinski definition) is 9. The minimum atomic E-state index is -0.832. The van der Waals surface area contributed by atoms with Crippen LogP contribution in [0.1, 0.15) is 56.0 Å². The summed E-state index contributed by atoms with van der Waals surface area (Å²) in [4.78, 5) is 32.8. The van der Waals surface area contributed by atoms with Crippen LogP contribution < -0.4 is 29.1 Å². The van der Waals surface area contributed by atoms with Crippen LogP contribution in [0.15, 0.2) is 84.6 Å². The molecule has 0 bridgehead atoms. The molecule has 9 nitrogen and oxygen atoms in total. The number of allylic oxidation sites excluding steroid dienone is 1. The highest BCUT2D eigenvalue weighted by molar-refractivity contribution is 9.11. The number of halogens is 2. The SMILES string of the molecule is CCOC(=O)C1=C(C)N=c2s/c(=C/c3cc(Br)cc(Br)c3OCc3ccccc3C#N)c(=O)n2[C@H]1c1ccc(OC(C)C)c(OC)c1. The minimum absolute atomic E-state index is 0.0855. The maximum absolute atomic E-state index is 14.3. The van der Waals surface area contributed by atoms with Gasteiger partial charge in [0.05, 0.1) is 57.8 Å². The van der Waals surface area contributed by atoms with E-state index in [1.165, 1.54) is 15.9 Å². The number of rotatable bonds is 10. The number of ether oxygens (including phenoxy) is 4. The molecule has 0 radical (unpaired) electrons. The first-order valence-corrected chi connectivity index (χ1v) is 17.1. The van der Waals surface area contributed by atoms with Gasteiger partial charge in [0.25, 0.3) is 5.56 Å². The Morgan fingerprint density at radius 2 is 1.91 bits per heavy atom. The Morgan fingerprint density at radius 3 is 2.62 bits per heavy atom. The summed E-state index contributed by atoms with van der Waals surface area (Å²) in [5, 5.41) is 9.53. The lowest BCUT2D eigenvalue weighted by atomic mass is 9.95. The van der Waals surface area contributed by atoms with Crippen molar-refractivity contribution in [2.75, 3.05) is 13.7 Å². The van der Waals surface area contributed by atoms with Crippen LogP contribution in [0.3, 0.4) is 0 Å². The number of benzene rings is 3. The highest BCUT2D eigenvalue weighted by atomic mass is 79.9. The second-order valence-electron chi connectivity index (χ2n) is 10.7. The third kappa shape index (κ3) is 7.22. The van der Waals surface area contributed by atoms with Crippen LogP contribution in [0.5, 0.6) is 17.2 Å². The maximum atomic E-state index is 14.3. The van der Waals surface area contributed by atoms with E-state index >= 15 is 0 Å². The lowest BCUT2D eigenvalue weighted by Crippen LogP contribution is -2.40. The smallest absolute Gasteiger partial charge is 0.338 e. The van der Waals surface area contributed by atoms with E-state index in [0.717, 1.165) is 10.0 Å². The monoisotopic (exact) mass is 779 g/mol. The van der Waals surface area contributed by atoms with Crippen LogP contribution in [0.4, 0.5) is 0 Å². The van der Waals surface area contributed by atoms with Gasteiger partial charge in [-0.3, -0.25) is 9.36 Å². The quantitative estimate of drug-likeness (QED) is 0.168. The van der Waals surface area contributed by atoms with E-state index < -0.39 is 12.0 Å². The average Bonchev–Trinajstić information content (AvgIpc) is 3.33. The number of carbonyl (C=O) groups is 1. The third-order valence-electron chi connectivity index (χ3n) is 7.22. The summed E-state index contributed by atoms with van der Waals surface area (Å²) >= 11 is 8.35. The van der Waals surface area contributed by atoms with Crippen molar-refractivity contribution in [3.8, 4) is 23.3 Å². The van der Waals surface area contributed by atoms with E-state index in [2.05, 4.69) is 42.9 Å². The molecule has 0 saturated heterocycles. The first kappa shape index (κ1) is 34.2. The lowest BCUT2D eigenvalue weighted by Gasteiger charge is -2.25. The molecule has 5 rings (SSSR count). The topological polar surface area (TPSA) is 112 Å². The lowest BCUT2D eigenvalue weighted by molar-refractivity contribution is -0.139. The van der Waals surface area contributed by atoms with Crippen molar-refractivity contribution in [3.63, 3.8) is 0 Å². The molecule has 0 saturated carbocycles. The molecule has 0 N–H and O–H groups in total. The van der Waals surface area contributed by atoms with Gasteiger partial charge < -0.3 is 18.9 Å². The molecular weight excluding hydrogens is 750 g/mol. The predicted octanol–water partition coefficient (Wildman–Crippen LogP) is 6.57. The first-order chi connectivity index (χ1) is 22.6. The predicted molar refractivity (Wildman–Crippen MR) is 186 cm³/mol. The summed E-state index contributed by atoms with van der Waals surface area (Å²) in [6.45, 7) is 7.61. The van der Waals surface area contributed by atoms with Gasteiger partial charge in [0.15, 0.2) is 16.3 Å². The zero-order chi connectivity index (χ0) is 33.8. The Bertz CT molecular complexity index is 2110. The molecule has 1 aromatic heterocycles. The first-order valence-electron chi connectivity index (χ1n) is 14.7. The maximum Gasteiger partial charge on any atom is 0.338 e. The van der Waals surface area contributed by atoms with Gasteiger partial charge in [0, 0.05) is 15.6 Å². The summed E-state index contributed by atoms with van der Waals surface area (Å²) in [6.07, 6.45) is 1.66. The molecule has 0 unspecified atom stereocenters. The fourth-order valence-electron chi connectivity index (χ4n) is 5.20. The molecule has 0 fully saturated rings. The van der Waals surface area contributed by atoms with Gasteiger partial charge >= 0.3 is 5.97 Å². The van der Waals surface area contributed by atoms with Gasteiger partial charge in [0.1, 0.15) is 12.4 Å². The van der Waals surface area contributed by atoms with Crippen molar-refractivity contribution >= 4 is 55.2 Å². The Labute approximate surface area is 292 Å². The Hall–Kier alpha value is -4.18. The van der Waals surface area contributed by atoms with Crippen molar-refractivity contribution in [2.24, 2.45) is 4.99 Å². The van der Waals surface area contributed by atoms with E-state index in [0.29, 0.717) is 53.4 Å².